The molecule has 1 atom stereocenters. The lowest BCUT2D eigenvalue weighted by atomic mass is 10.0. The van der Waals surface area contributed by atoms with Crippen molar-refractivity contribution in [2.75, 3.05) is 13.2 Å². The monoisotopic (exact) mass is 807 g/mol. The summed E-state index contributed by atoms with van der Waals surface area (Å²) in [6.45, 7) is 6.50. The molecule has 0 N–H and O–H groups in total. The van der Waals surface area contributed by atoms with Gasteiger partial charge in [-0.2, -0.15) is 0 Å². The first-order chi connectivity index (χ1) is 28.0. The van der Waals surface area contributed by atoms with Gasteiger partial charge in [0.25, 0.3) is 0 Å². The Morgan fingerprint density at radius 3 is 0.702 bits per heavy atom. The molecule has 0 radical (unpaired) electrons. The topological polar surface area (TPSA) is 78.9 Å². The first-order valence-electron chi connectivity index (χ1n) is 25.5. The third-order valence-corrected chi connectivity index (χ3v) is 11.6. The van der Waals surface area contributed by atoms with Crippen LogP contribution in [0.15, 0.2) is 0 Å². The van der Waals surface area contributed by atoms with E-state index >= 15 is 0 Å². The van der Waals surface area contributed by atoms with E-state index in [0.717, 1.165) is 70.6 Å². The van der Waals surface area contributed by atoms with E-state index in [9.17, 15) is 14.4 Å². The second-order valence-electron chi connectivity index (χ2n) is 17.5. The predicted octanol–water partition coefficient (Wildman–Crippen LogP) is 16.4. The highest BCUT2D eigenvalue weighted by Gasteiger charge is 2.19. The molecule has 6 nitrogen and oxygen atoms in total. The van der Waals surface area contributed by atoms with Crippen LogP contribution in [-0.4, -0.2) is 37.2 Å². The number of hydrogen-bond acceptors (Lipinski definition) is 6. The largest absolute Gasteiger partial charge is 0.462 e. The zero-order valence-electron chi connectivity index (χ0n) is 38.6. The summed E-state index contributed by atoms with van der Waals surface area (Å²) in [7, 11) is 0. The lowest BCUT2D eigenvalue weighted by Crippen LogP contribution is -2.30. The molecule has 0 aromatic heterocycles. The van der Waals surface area contributed by atoms with Gasteiger partial charge in [-0.15, -0.1) is 0 Å². The van der Waals surface area contributed by atoms with Crippen LogP contribution in [0.4, 0.5) is 0 Å². The Balaban J connectivity index is 3.71. The van der Waals surface area contributed by atoms with Gasteiger partial charge in [-0.25, -0.2) is 0 Å². The molecule has 0 aromatic rings. The smallest absolute Gasteiger partial charge is 0.306 e. The molecule has 0 heterocycles. The van der Waals surface area contributed by atoms with E-state index in [1.165, 1.54) is 180 Å². The summed E-state index contributed by atoms with van der Waals surface area (Å²) >= 11 is 0. The van der Waals surface area contributed by atoms with E-state index in [4.69, 9.17) is 14.2 Å². The van der Waals surface area contributed by atoms with Crippen LogP contribution in [0.25, 0.3) is 0 Å². The summed E-state index contributed by atoms with van der Waals surface area (Å²) in [6, 6.07) is 0. The standard InChI is InChI=1S/C51H98O6/c1-4-7-10-13-14-15-16-17-18-19-20-21-22-23-24-25-26-27-28-29-30-31-32-33-34-35-36-39-41-44-50(53)56-47-48(57-51(54)45-42-38-12-9-6-3)46-55-49(52)43-40-37-11-8-5-2/h48H,4-47H2,1-3H3. The highest BCUT2D eigenvalue weighted by atomic mass is 16.6. The molecule has 0 aliphatic heterocycles. The number of esters is 3. The second-order valence-corrected chi connectivity index (χ2v) is 17.5. The van der Waals surface area contributed by atoms with Crippen molar-refractivity contribution < 1.29 is 28.6 Å². The maximum atomic E-state index is 12.5. The van der Waals surface area contributed by atoms with Crippen LogP contribution in [0.5, 0.6) is 0 Å². The first-order valence-corrected chi connectivity index (χ1v) is 25.5. The Morgan fingerprint density at radius 2 is 0.474 bits per heavy atom. The Kier molecular flexibility index (Phi) is 45.8. The number of hydrogen-bond donors (Lipinski definition) is 0. The normalized spacial score (nSPS) is 11.8. The fraction of sp³-hybridized carbons (Fsp3) is 0.941. The molecule has 0 bridgehead atoms. The van der Waals surface area contributed by atoms with Gasteiger partial charge in [0, 0.05) is 19.3 Å². The number of carbonyl (C=O) groups is 3. The number of carbonyl (C=O) groups excluding carboxylic acids is 3. The first kappa shape index (κ1) is 55.4. The highest BCUT2D eigenvalue weighted by molar-refractivity contribution is 5.71. The van der Waals surface area contributed by atoms with Crippen LogP contribution in [0.2, 0.25) is 0 Å². The van der Waals surface area contributed by atoms with Crippen molar-refractivity contribution in [1.82, 2.24) is 0 Å². The van der Waals surface area contributed by atoms with Crippen LogP contribution in [-0.2, 0) is 28.6 Å². The lowest BCUT2D eigenvalue weighted by molar-refractivity contribution is -0.167. The third kappa shape index (κ3) is 45.3. The van der Waals surface area contributed by atoms with Crippen LogP contribution in [0.1, 0.15) is 290 Å². The molecule has 1 unspecified atom stereocenters. The minimum Gasteiger partial charge on any atom is -0.462 e. The molecule has 338 valence electrons. The molecule has 57 heavy (non-hydrogen) atoms. The second kappa shape index (κ2) is 47.1. The van der Waals surface area contributed by atoms with Gasteiger partial charge in [0.1, 0.15) is 13.2 Å². The van der Waals surface area contributed by atoms with Crippen LogP contribution < -0.4 is 0 Å². The zero-order chi connectivity index (χ0) is 41.5. The Hall–Kier alpha value is -1.59. The third-order valence-electron chi connectivity index (χ3n) is 11.6. The molecule has 0 aromatic carbocycles. The summed E-state index contributed by atoms with van der Waals surface area (Å²) in [6.07, 6.45) is 50.6. The zero-order valence-corrected chi connectivity index (χ0v) is 38.6. The molecule has 6 heteroatoms. The van der Waals surface area contributed by atoms with Gasteiger partial charge in [0.05, 0.1) is 0 Å². The minimum absolute atomic E-state index is 0.0657. The van der Waals surface area contributed by atoms with Crippen molar-refractivity contribution in [1.29, 1.82) is 0 Å². The molecular weight excluding hydrogens is 709 g/mol. The summed E-state index contributed by atoms with van der Waals surface area (Å²) in [5, 5.41) is 0. The molecular formula is C51H98O6. The number of rotatable bonds is 47. The fourth-order valence-electron chi connectivity index (χ4n) is 7.74. The van der Waals surface area contributed by atoms with E-state index in [1.54, 1.807) is 0 Å². The van der Waals surface area contributed by atoms with Crippen molar-refractivity contribution >= 4 is 17.9 Å². The predicted molar refractivity (Wildman–Crippen MR) is 243 cm³/mol. The SMILES string of the molecule is CCCCCCCCCCCCCCCCCCCCCCCCCCCCCCCC(=O)OCC(COC(=O)CCCCCCC)OC(=O)CCCCCCC. The molecule has 0 rings (SSSR count). The van der Waals surface area contributed by atoms with E-state index in [0.29, 0.717) is 19.3 Å². The molecule has 0 saturated carbocycles. The quantitative estimate of drug-likeness (QED) is 0.0346. The Bertz CT molecular complexity index is 844. The van der Waals surface area contributed by atoms with Gasteiger partial charge < -0.3 is 14.2 Å². The van der Waals surface area contributed by atoms with Crippen molar-refractivity contribution in [2.45, 2.75) is 297 Å². The summed E-state index contributed by atoms with van der Waals surface area (Å²) in [5.41, 5.74) is 0. The molecule has 0 saturated heterocycles. The van der Waals surface area contributed by atoms with Gasteiger partial charge in [-0.1, -0.05) is 252 Å². The maximum Gasteiger partial charge on any atom is 0.306 e. The molecule has 0 fully saturated rings. The van der Waals surface area contributed by atoms with E-state index in [2.05, 4.69) is 20.8 Å². The van der Waals surface area contributed by atoms with E-state index in [-0.39, 0.29) is 31.1 Å². The van der Waals surface area contributed by atoms with Crippen LogP contribution in [0, 0.1) is 0 Å². The van der Waals surface area contributed by atoms with Crippen LogP contribution in [0.3, 0.4) is 0 Å². The maximum absolute atomic E-state index is 12.5. The average Bonchev–Trinajstić information content (AvgIpc) is 3.21. The molecule has 0 spiro atoms. The van der Waals surface area contributed by atoms with Gasteiger partial charge in [0.15, 0.2) is 6.10 Å². The number of ether oxygens (including phenoxy) is 3. The minimum atomic E-state index is -0.755. The molecule has 0 amide bonds. The van der Waals surface area contributed by atoms with Crippen LogP contribution >= 0.6 is 0 Å². The van der Waals surface area contributed by atoms with E-state index < -0.39 is 6.10 Å². The van der Waals surface area contributed by atoms with Gasteiger partial charge >= 0.3 is 17.9 Å². The van der Waals surface area contributed by atoms with Gasteiger partial charge in [-0.3, -0.25) is 14.4 Å². The van der Waals surface area contributed by atoms with Crippen molar-refractivity contribution in [2.24, 2.45) is 0 Å². The van der Waals surface area contributed by atoms with Gasteiger partial charge in [-0.05, 0) is 19.3 Å². The fourth-order valence-corrected chi connectivity index (χ4v) is 7.74. The van der Waals surface area contributed by atoms with Crippen molar-refractivity contribution in [3.05, 3.63) is 0 Å². The summed E-state index contributed by atoms with van der Waals surface area (Å²) < 4.78 is 16.5. The average molecular weight is 807 g/mol. The van der Waals surface area contributed by atoms with Crippen molar-refractivity contribution in [3.63, 3.8) is 0 Å². The molecule has 0 aliphatic carbocycles. The van der Waals surface area contributed by atoms with E-state index in [1.807, 2.05) is 0 Å². The number of unbranched alkanes of at least 4 members (excludes halogenated alkanes) is 36. The molecule has 0 aliphatic rings. The highest BCUT2D eigenvalue weighted by Crippen LogP contribution is 2.17. The summed E-state index contributed by atoms with van der Waals surface area (Å²) in [5.74, 6) is -0.883. The van der Waals surface area contributed by atoms with Crippen molar-refractivity contribution in [3.8, 4) is 0 Å². The van der Waals surface area contributed by atoms with Gasteiger partial charge in [0.2, 0.25) is 0 Å². The Labute approximate surface area is 355 Å². The Morgan fingerprint density at radius 1 is 0.281 bits per heavy atom. The summed E-state index contributed by atoms with van der Waals surface area (Å²) in [4.78, 5) is 37.2. The lowest BCUT2D eigenvalue weighted by Gasteiger charge is -2.18.